The highest BCUT2D eigenvalue weighted by molar-refractivity contribution is 5.81. The summed E-state index contributed by atoms with van der Waals surface area (Å²) in [5, 5.41) is 15.5. The molecule has 0 spiro atoms. The zero-order valence-corrected chi connectivity index (χ0v) is 14.6. The van der Waals surface area contributed by atoms with Crippen molar-refractivity contribution in [3.05, 3.63) is 66.4 Å². The summed E-state index contributed by atoms with van der Waals surface area (Å²) in [4.78, 5) is 11.3. The van der Waals surface area contributed by atoms with E-state index in [9.17, 15) is 0 Å². The average molecular weight is 356 g/mol. The van der Waals surface area contributed by atoms with Gasteiger partial charge >= 0.3 is 0 Å². The highest BCUT2D eigenvalue weighted by Gasteiger charge is 2.23. The fraction of sp³-hybridized carbons (Fsp3) is 0.105. The van der Waals surface area contributed by atoms with Crippen molar-refractivity contribution >= 4 is 17.5 Å². The van der Waals surface area contributed by atoms with Gasteiger partial charge in [-0.15, -0.1) is 5.10 Å². The Labute approximate surface area is 155 Å². The number of tetrazole rings is 1. The van der Waals surface area contributed by atoms with Gasteiger partial charge in [-0.3, -0.25) is 0 Å². The van der Waals surface area contributed by atoms with Gasteiger partial charge < -0.3 is 10.2 Å². The summed E-state index contributed by atoms with van der Waals surface area (Å²) in [6, 6.07) is 18.1. The van der Waals surface area contributed by atoms with E-state index in [0.29, 0.717) is 24.1 Å². The van der Waals surface area contributed by atoms with Gasteiger partial charge in [0.25, 0.3) is 0 Å². The molecule has 0 radical (unpaired) electrons. The zero-order valence-electron chi connectivity index (χ0n) is 14.6. The number of hydrogen-bond acceptors (Lipinski definition) is 7. The predicted octanol–water partition coefficient (Wildman–Crippen LogP) is 2.81. The van der Waals surface area contributed by atoms with E-state index in [-0.39, 0.29) is 0 Å². The topological polar surface area (TPSA) is 84.7 Å². The molecule has 0 atom stereocenters. The Morgan fingerprint density at radius 2 is 1.85 bits per heavy atom. The number of benzene rings is 2. The van der Waals surface area contributed by atoms with Crippen LogP contribution in [0.2, 0.25) is 0 Å². The highest BCUT2D eigenvalue weighted by atomic mass is 15.5. The highest BCUT2D eigenvalue weighted by Crippen LogP contribution is 2.35. The van der Waals surface area contributed by atoms with Crippen LogP contribution in [0, 0.1) is 0 Å². The molecule has 8 heteroatoms. The monoisotopic (exact) mass is 356 g/mol. The van der Waals surface area contributed by atoms with Gasteiger partial charge in [-0.2, -0.15) is 9.67 Å². The first kappa shape index (κ1) is 15.4. The molecule has 4 aromatic rings. The number of fused-ring (bicyclic) bond motifs is 5. The van der Waals surface area contributed by atoms with Gasteiger partial charge in [0, 0.05) is 19.8 Å². The van der Waals surface area contributed by atoms with Crippen molar-refractivity contribution in [1.82, 2.24) is 30.2 Å². The third-order valence-corrected chi connectivity index (χ3v) is 4.48. The van der Waals surface area contributed by atoms with E-state index >= 15 is 0 Å². The van der Waals surface area contributed by atoms with Crippen molar-refractivity contribution in [2.75, 3.05) is 17.3 Å². The van der Waals surface area contributed by atoms with E-state index in [1.165, 1.54) is 5.56 Å². The van der Waals surface area contributed by atoms with E-state index in [0.717, 1.165) is 16.9 Å². The number of nitrogens with one attached hydrogen (secondary N) is 1. The molecule has 0 aliphatic carbocycles. The molecule has 0 saturated heterocycles. The van der Waals surface area contributed by atoms with Crippen LogP contribution in [-0.4, -0.2) is 37.2 Å². The molecule has 0 bridgehead atoms. The van der Waals surface area contributed by atoms with Crippen molar-refractivity contribution in [2.24, 2.45) is 0 Å². The molecule has 8 nitrogen and oxygen atoms in total. The summed E-state index contributed by atoms with van der Waals surface area (Å²) in [6.07, 6.45) is 1.76. The Balaban J connectivity index is 1.56. The first-order valence-corrected chi connectivity index (χ1v) is 8.57. The number of anilines is 3. The molecule has 3 heterocycles. The van der Waals surface area contributed by atoms with Gasteiger partial charge in [-0.1, -0.05) is 42.5 Å². The standard InChI is InChI=1S/C19H16N8/c1-26(12-13-7-3-2-4-8-13)19-20-11-14-17(22-19)21-15-9-5-6-10-16(15)27-18(14)23-24-25-27/h2-11H,12H2,1H3,(H,20,21,22). The third kappa shape index (κ3) is 2.67. The molecule has 1 aliphatic heterocycles. The van der Waals surface area contributed by atoms with Crippen LogP contribution in [0.1, 0.15) is 5.56 Å². The third-order valence-electron chi connectivity index (χ3n) is 4.48. The Morgan fingerprint density at radius 3 is 2.74 bits per heavy atom. The molecule has 1 N–H and O–H groups in total. The van der Waals surface area contributed by atoms with Crippen LogP contribution < -0.4 is 10.2 Å². The SMILES string of the molecule is CN(Cc1ccccc1)c1ncc2c(n1)Nc1ccccc1-n1nnnc1-2. The maximum Gasteiger partial charge on any atom is 0.227 e. The zero-order chi connectivity index (χ0) is 18.2. The van der Waals surface area contributed by atoms with E-state index in [1.807, 2.05) is 54.4 Å². The molecule has 132 valence electrons. The van der Waals surface area contributed by atoms with Crippen LogP contribution in [0.4, 0.5) is 17.5 Å². The Morgan fingerprint density at radius 1 is 1.04 bits per heavy atom. The van der Waals surface area contributed by atoms with E-state index < -0.39 is 0 Å². The molecule has 2 aromatic carbocycles. The molecule has 0 amide bonds. The van der Waals surface area contributed by atoms with E-state index in [2.05, 4.69) is 38.0 Å². The summed E-state index contributed by atoms with van der Waals surface area (Å²) in [5.74, 6) is 1.92. The molecule has 27 heavy (non-hydrogen) atoms. The summed E-state index contributed by atoms with van der Waals surface area (Å²) in [6.45, 7) is 0.716. The number of hydrogen-bond donors (Lipinski definition) is 1. The van der Waals surface area contributed by atoms with Crippen molar-refractivity contribution in [1.29, 1.82) is 0 Å². The molecule has 5 rings (SSSR count). The van der Waals surface area contributed by atoms with E-state index in [1.54, 1.807) is 10.9 Å². The second-order valence-electron chi connectivity index (χ2n) is 6.33. The van der Waals surface area contributed by atoms with Gasteiger partial charge in [-0.25, -0.2) is 4.98 Å². The minimum absolute atomic E-state index is 0.611. The molecule has 2 aromatic heterocycles. The van der Waals surface area contributed by atoms with Crippen LogP contribution in [-0.2, 0) is 6.54 Å². The normalized spacial score (nSPS) is 11.6. The second-order valence-corrected chi connectivity index (χ2v) is 6.33. The van der Waals surface area contributed by atoms with Gasteiger partial charge in [0.05, 0.1) is 16.9 Å². The molecular weight excluding hydrogens is 340 g/mol. The lowest BCUT2D eigenvalue weighted by atomic mass is 10.2. The first-order valence-electron chi connectivity index (χ1n) is 8.57. The van der Waals surface area contributed by atoms with Crippen molar-refractivity contribution in [3.63, 3.8) is 0 Å². The molecule has 0 saturated carbocycles. The summed E-state index contributed by atoms with van der Waals surface area (Å²) >= 11 is 0. The molecular formula is C19H16N8. The summed E-state index contributed by atoms with van der Waals surface area (Å²) in [7, 11) is 1.98. The Hall–Kier alpha value is -3.81. The minimum Gasteiger partial charge on any atom is -0.339 e. The van der Waals surface area contributed by atoms with Gasteiger partial charge in [-0.05, 0) is 28.1 Å². The second kappa shape index (κ2) is 6.17. The number of nitrogens with zero attached hydrogens (tertiary/aromatic N) is 7. The van der Waals surface area contributed by atoms with Crippen molar-refractivity contribution in [2.45, 2.75) is 6.54 Å². The predicted molar refractivity (Wildman–Crippen MR) is 102 cm³/mol. The number of rotatable bonds is 3. The molecule has 0 unspecified atom stereocenters. The van der Waals surface area contributed by atoms with E-state index in [4.69, 9.17) is 4.98 Å². The average Bonchev–Trinajstić information content (AvgIpc) is 3.14. The lowest BCUT2D eigenvalue weighted by Crippen LogP contribution is -2.19. The number of aromatic nitrogens is 6. The van der Waals surface area contributed by atoms with Crippen LogP contribution in [0.3, 0.4) is 0 Å². The maximum atomic E-state index is 4.74. The summed E-state index contributed by atoms with van der Waals surface area (Å²) < 4.78 is 1.70. The largest absolute Gasteiger partial charge is 0.339 e. The smallest absolute Gasteiger partial charge is 0.227 e. The van der Waals surface area contributed by atoms with Crippen LogP contribution in [0.25, 0.3) is 17.1 Å². The fourth-order valence-corrected chi connectivity index (χ4v) is 3.15. The van der Waals surface area contributed by atoms with Crippen molar-refractivity contribution < 1.29 is 0 Å². The molecule has 0 fully saturated rings. The lowest BCUT2D eigenvalue weighted by Gasteiger charge is -2.18. The van der Waals surface area contributed by atoms with Crippen LogP contribution in [0.5, 0.6) is 0 Å². The Kier molecular flexibility index (Phi) is 3.53. The van der Waals surface area contributed by atoms with Gasteiger partial charge in [0.1, 0.15) is 5.82 Å². The molecule has 1 aliphatic rings. The minimum atomic E-state index is 0.611. The summed E-state index contributed by atoms with van der Waals surface area (Å²) in [5.41, 5.74) is 3.71. The fourth-order valence-electron chi connectivity index (χ4n) is 3.15. The van der Waals surface area contributed by atoms with Gasteiger partial charge in [0.15, 0.2) is 5.82 Å². The van der Waals surface area contributed by atoms with Crippen molar-refractivity contribution in [3.8, 4) is 17.1 Å². The quantitative estimate of drug-likeness (QED) is 0.532. The maximum absolute atomic E-state index is 4.74. The van der Waals surface area contributed by atoms with Crippen LogP contribution in [0.15, 0.2) is 60.8 Å². The van der Waals surface area contributed by atoms with Crippen LogP contribution >= 0.6 is 0 Å². The Bertz CT molecular complexity index is 1110. The first-order chi connectivity index (χ1) is 13.3. The van der Waals surface area contributed by atoms with Gasteiger partial charge in [0.2, 0.25) is 5.95 Å². The lowest BCUT2D eigenvalue weighted by molar-refractivity contribution is 0.793. The number of para-hydroxylation sites is 2.